The molecule has 2 N–H and O–H groups in total. The number of hydrogen-bond donors (Lipinski definition) is 2. The molecule has 0 saturated heterocycles. The molecule has 8 nitrogen and oxygen atoms in total. The summed E-state index contributed by atoms with van der Waals surface area (Å²) in [5.41, 5.74) is 3.64. The van der Waals surface area contributed by atoms with Crippen LogP contribution in [0, 0.1) is 6.92 Å². The standard InChI is InChI=1S/C21H21N5O3/c1-13-16-12-22-21(25-26(16)20(23-13)14-8-6-5-7-9-14)24-15-10-17(27-2)19(29-4)18(11-15)28-3/h5-12H,1-4H3,(H,24,25)/p+1. The lowest BCUT2D eigenvalue weighted by molar-refractivity contribution is -0.567. The molecule has 0 fully saturated rings. The summed E-state index contributed by atoms with van der Waals surface area (Å²) in [6, 6.07) is 13.7. The largest absolute Gasteiger partial charge is 0.493 e. The minimum absolute atomic E-state index is 0.438. The Morgan fingerprint density at radius 3 is 2.28 bits per heavy atom. The predicted octanol–water partition coefficient (Wildman–Crippen LogP) is 3.29. The zero-order valence-electron chi connectivity index (χ0n) is 16.7. The number of benzene rings is 2. The minimum atomic E-state index is 0.438. The van der Waals surface area contributed by atoms with Crippen molar-refractivity contribution in [3.05, 3.63) is 54.4 Å². The summed E-state index contributed by atoms with van der Waals surface area (Å²) in [5, 5.41) is 7.88. The predicted molar refractivity (Wildman–Crippen MR) is 109 cm³/mol. The lowest BCUT2D eigenvalue weighted by atomic mass is 10.2. The van der Waals surface area contributed by atoms with E-state index in [1.807, 2.05) is 41.8 Å². The molecule has 4 rings (SSSR count). The monoisotopic (exact) mass is 392 g/mol. The lowest BCUT2D eigenvalue weighted by Gasteiger charge is -2.14. The number of aromatic amines is 1. The first-order valence-corrected chi connectivity index (χ1v) is 9.04. The zero-order chi connectivity index (χ0) is 20.4. The smallest absolute Gasteiger partial charge is 0.313 e. The van der Waals surface area contributed by atoms with E-state index in [0.29, 0.717) is 28.9 Å². The second kappa shape index (κ2) is 7.67. The minimum Gasteiger partial charge on any atom is -0.493 e. The molecule has 2 aromatic heterocycles. The Labute approximate surface area is 168 Å². The molecule has 0 bridgehead atoms. The number of methoxy groups -OCH3 is 3. The third kappa shape index (κ3) is 3.40. The number of anilines is 2. The maximum Gasteiger partial charge on any atom is 0.313 e. The first-order chi connectivity index (χ1) is 14.1. The van der Waals surface area contributed by atoms with Crippen molar-refractivity contribution < 1.29 is 18.7 Å². The normalized spacial score (nSPS) is 10.8. The highest BCUT2D eigenvalue weighted by Gasteiger charge is 2.21. The first kappa shape index (κ1) is 18.5. The second-order valence-electron chi connectivity index (χ2n) is 6.38. The van der Waals surface area contributed by atoms with Crippen LogP contribution in [0.3, 0.4) is 0 Å². The van der Waals surface area contributed by atoms with Crippen LogP contribution >= 0.6 is 0 Å². The molecule has 0 aliphatic carbocycles. The van der Waals surface area contributed by atoms with Crippen LogP contribution in [0.4, 0.5) is 11.6 Å². The Morgan fingerprint density at radius 1 is 0.966 bits per heavy atom. The third-order valence-electron chi connectivity index (χ3n) is 4.60. The maximum atomic E-state index is 5.41. The molecule has 0 radical (unpaired) electrons. The van der Waals surface area contributed by atoms with Gasteiger partial charge in [0.25, 0.3) is 5.95 Å². The number of nitrogens with zero attached hydrogens (tertiary/aromatic N) is 3. The van der Waals surface area contributed by atoms with Gasteiger partial charge in [0.15, 0.2) is 11.5 Å². The Bertz CT molecular complexity index is 1130. The van der Waals surface area contributed by atoms with E-state index < -0.39 is 0 Å². The number of fused-ring (bicyclic) bond motifs is 1. The number of H-pyrrole nitrogens is 1. The molecule has 2 heterocycles. The SMILES string of the molecule is COc1cc(Nc2ncc3c(C)[nH]c(-c4ccccc4)[n+]3n2)cc(OC)c1OC. The highest BCUT2D eigenvalue weighted by Crippen LogP contribution is 2.40. The summed E-state index contributed by atoms with van der Waals surface area (Å²) in [6.45, 7) is 2.00. The molecular weight excluding hydrogens is 370 g/mol. The molecule has 29 heavy (non-hydrogen) atoms. The molecule has 148 valence electrons. The van der Waals surface area contributed by atoms with E-state index in [9.17, 15) is 0 Å². The van der Waals surface area contributed by atoms with E-state index in [4.69, 9.17) is 14.2 Å². The van der Waals surface area contributed by atoms with Crippen LogP contribution in [0.5, 0.6) is 17.2 Å². The maximum absolute atomic E-state index is 5.41. The van der Waals surface area contributed by atoms with Crippen molar-refractivity contribution in [2.24, 2.45) is 0 Å². The van der Waals surface area contributed by atoms with Gasteiger partial charge in [-0.25, -0.2) is 9.97 Å². The average Bonchev–Trinajstić information content (AvgIpc) is 3.09. The molecule has 0 spiro atoms. The molecule has 0 aliphatic heterocycles. The van der Waals surface area contributed by atoms with Gasteiger partial charge in [-0.05, 0) is 17.2 Å². The summed E-state index contributed by atoms with van der Waals surface area (Å²) in [6.07, 6.45) is 1.78. The fourth-order valence-electron chi connectivity index (χ4n) is 3.20. The molecule has 8 heteroatoms. The molecule has 0 amide bonds. The van der Waals surface area contributed by atoms with Gasteiger partial charge in [0.1, 0.15) is 5.69 Å². The van der Waals surface area contributed by atoms with Crippen LogP contribution in [-0.2, 0) is 0 Å². The third-order valence-corrected chi connectivity index (χ3v) is 4.60. The van der Waals surface area contributed by atoms with E-state index in [0.717, 1.165) is 22.6 Å². The van der Waals surface area contributed by atoms with Crippen molar-refractivity contribution in [3.63, 3.8) is 0 Å². The van der Waals surface area contributed by atoms with Crippen LogP contribution in [-0.4, -0.2) is 36.4 Å². The summed E-state index contributed by atoms with van der Waals surface area (Å²) in [7, 11) is 4.73. The zero-order valence-corrected chi connectivity index (χ0v) is 16.7. The molecule has 2 aromatic carbocycles. The molecule has 0 saturated carbocycles. The van der Waals surface area contributed by atoms with Gasteiger partial charge in [-0.2, -0.15) is 0 Å². The average molecular weight is 392 g/mol. The van der Waals surface area contributed by atoms with Gasteiger partial charge in [-0.3, -0.25) is 0 Å². The van der Waals surface area contributed by atoms with E-state index in [-0.39, 0.29) is 0 Å². The van der Waals surface area contributed by atoms with Gasteiger partial charge in [-0.1, -0.05) is 22.7 Å². The Morgan fingerprint density at radius 2 is 1.66 bits per heavy atom. The number of imidazole rings is 1. The number of hydrogen-bond acceptors (Lipinski definition) is 6. The lowest BCUT2D eigenvalue weighted by Crippen LogP contribution is -2.28. The van der Waals surface area contributed by atoms with Crippen molar-refractivity contribution in [3.8, 4) is 28.6 Å². The van der Waals surface area contributed by atoms with Gasteiger partial charge in [0, 0.05) is 24.7 Å². The van der Waals surface area contributed by atoms with Gasteiger partial charge in [0.2, 0.25) is 11.3 Å². The van der Waals surface area contributed by atoms with Crippen LogP contribution in [0.25, 0.3) is 16.9 Å². The number of aryl methyl sites for hydroxylation is 1. The Kier molecular flexibility index (Phi) is 4.90. The van der Waals surface area contributed by atoms with Crippen molar-refractivity contribution in [2.75, 3.05) is 26.6 Å². The van der Waals surface area contributed by atoms with Crippen molar-refractivity contribution in [1.82, 2.24) is 15.1 Å². The van der Waals surface area contributed by atoms with Crippen LogP contribution in [0.1, 0.15) is 5.69 Å². The van der Waals surface area contributed by atoms with Gasteiger partial charge in [0.05, 0.1) is 33.1 Å². The van der Waals surface area contributed by atoms with Crippen molar-refractivity contribution in [2.45, 2.75) is 6.92 Å². The highest BCUT2D eigenvalue weighted by atomic mass is 16.5. The number of aromatic nitrogens is 4. The van der Waals surface area contributed by atoms with Crippen molar-refractivity contribution in [1.29, 1.82) is 0 Å². The quantitative estimate of drug-likeness (QED) is 0.490. The summed E-state index contributed by atoms with van der Waals surface area (Å²) in [5.74, 6) is 2.94. The van der Waals surface area contributed by atoms with Crippen LogP contribution in [0.2, 0.25) is 0 Å². The molecule has 4 aromatic rings. The Hall–Kier alpha value is -3.81. The summed E-state index contributed by atoms with van der Waals surface area (Å²) < 4.78 is 18.0. The highest BCUT2D eigenvalue weighted by molar-refractivity contribution is 5.66. The fourth-order valence-corrected chi connectivity index (χ4v) is 3.20. The van der Waals surface area contributed by atoms with Gasteiger partial charge >= 0.3 is 5.82 Å². The van der Waals surface area contributed by atoms with Crippen LogP contribution < -0.4 is 24.0 Å². The molecule has 0 aliphatic rings. The first-order valence-electron chi connectivity index (χ1n) is 9.04. The van der Waals surface area contributed by atoms with E-state index in [2.05, 4.69) is 20.4 Å². The second-order valence-corrected chi connectivity index (χ2v) is 6.38. The Balaban J connectivity index is 1.76. The van der Waals surface area contributed by atoms with Crippen molar-refractivity contribution >= 4 is 17.2 Å². The number of nitrogens with one attached hydrogen (secondary N) is 2. The summed E-state index contributed by atoms with van der Waals surface area (Å²) in [4.78, 5) is 7.84. The van der Waals surface area contributed by atoms with Crippen LogP contribution in [0.15, 0.2) is 48.7 Å². The van der Waals surface area contributed by atoms with E-state index >= 15 is 0 Å². The summed E-state index contributed by atoms with van der Waals surface area (Å²) >= 11 is 0. The molecular formula is C21H22N5O3+. The number of rotatable bonds is 6. The van der Waals surface area contributed by atoms with E-state index in [1.54, 1.807) is 39.7 Å². The fraction of sp³-hybridized carbons (Fsp3) is 0.190. The van der Waals surface area contributed by atoms with Gasteiger partial charge in [-0.15, -0.1) is 0 Å². The van der Waals surface area contributed by atoms with E-state index in [1.165, 1.54) is 0 Å². The van der Waals surface area contributed by atoms with Gasteiger partial charge < -0.3 is 19.5 Å². The molecule has 0 atom stereocenters. The molecule has 0 unspecified atom stereocenters. The number of ether oxygens (including phenoxy) is 3. The topological polar surface area (TPSA) is 85.4 Å².